The maximum absolute atomic E-state index is 10.8. The highest BCUT2D eigenvalue weighted by Crippen LogP contribution is 2.25. The molecule has 5 nitrogen and oxygen atoms in total. The second kappa shape index (κ2) is 4.28. The zero-order valence-electron chi connectivity index (χ0n) is 10.3. The molecule has 1 atom stereocenters. The van der Waals surface area contributed by atoms with Gasteiger partial charge in [0.25, 0.3) is 6.01 Å². The van der Waals surface area contributed by atoms with Crippen molar-refractivity contribution in [3.05, 3.63) is 36.4 Å². The van der Waals surface area contributed by atoms with Gasteiger partial charge in [-0.15, -0.1) is 0 Å². The van der Waals surface area contributed by atoms with Gasteiger partial charge in [0.1, 0.15) is 11.6 Å². The average Bonchev–Trinajstić information content (AvgIpc) is 2.76. The fraction of sp³-hybridized carbons (Fsp3) is 0.143. The van der Waals surface area contributed by atoms with Crippen LogP contribution in [-0.2, 0) is 4.79 Å². The Labute approximate surface area is 108 Å². The number of benzene rings is 2. The standard InChI is InChI=1S/C14H12N2O3/c1-8(13(17)18)15-14-16-11-6-9-4-2-3-5-10(9)7-12(11)19-14/h2-8H,1H3,(H,15,16)(H,17,18)/t8-/m1/s1. The largest absolute Gasteiger partial charge is 0.480 e. The molecule has 0 unspecified atom stereocenters. The van der Waals surface area contributed by atoms with Gasteiger partial charge in [-0.25, -0.2) is 0 Å². The van der Waals surface area contributed by atoms with Crippen LogP contribution in [0.1, 0.15) is 6.92 Å². The first-order valence-corrected chi connectivity index (χ1v) is 5.92. The van der Waals surface area contributed by atoms with Gasteiger partial charge in [0.05, 0.1) is 0 Å². The number of carboxylic acid groups (broad SMARTS) is 1. The molecule has 1 heterocycles. The SMILES string of the molecule is C[C@@H](Nc1nc2cc3ccccc3cc2o1)C(=O)O. The van der Waals surface area contributed by atoms with Gasteiger partial charge in [0, 0.05) is 0 Å². The van der Waals surface area contributed by atoms with E-state index >= 15 is 0 Å². The Morgan fingerprint density at radius 1 is 1.32 bits per heavy atom. The molecule has 0 aliphatic heterocycles. The van der Waals surface area contributed by atoms with Crippen molar-refractivity contribution in [3.8, 4) is 0 Å². The molecular formula is C14H12N2O3. The number of hydrogen-bond donors (Lipinski definition) is 2. The predicted octanol–water partition coefficient (Wildman–Crippen LogP) is 2.87. The maximum Gasteiger partial charge on any atom is 0.325 e. The van der Waals surface area contributed by atoms with Crippen LogP contribution in [0.4, 0.5) is 6.01 Å². The highest BCUT2D eigenvalue weighted by Gasteiger charge is 2.14. The Balaban J connectivity index is 2.05. The molecule has 0 spiro atoms. The summed E-state index contributed by atoms with van der Waals surface area (Å²) in [5.41, 5.74) is 1.34. The molecule has 3 rings (SSSR count). The van der Waals surface area contributed by atoms with Gasteiger partial charge in [0.15, 0.2) is 5.58 Å². The van der Waals surface area contributed by atoms with Gasteiger partial charge >= 0.3 is 5.97 Å². The normalized spacial score (nSPS) is 12.7. The maximum atomic E-state index is 10.8. The summed E-state index contributed by atoms with van der Waals surface area (Å²) >= 11 is 0. The number of aromatic nitrogens is 1. The number of rotatable bonds is 3. The van der Waals surface area contributed by atoms with Gasteiger partial charge in [-0.2, -0.15) is 4.98 Å². The molecule has 96 valence electrons. The van der Waals surface area contributed by atoms with E-state index in [2.05, 4.69) is 10.3 Å². The number of aliphatic carboxylic acids is 1. The minimum Gasteiger partial charge on any atom is -0.480 e. The summed E-state index contributed by atoms with van der Waals surface area (Å²) in [4.78, 5) is 15.0. The smallest absolute Gasteiger partial charge is 0.325 e. The highest BCUT2D eigenvalue weighted by atomic mass is 16.4. The summed E-state index contributed by atoms with van der Waals surface area (Å²) in [6, 6.07) is 11.2. The van der Waals surface area contributed by atoms with E-state index in [1.54, 1.807) is 0 Å². The van der Waals surface area contributed by atoms with Gasteiger partial charge in [-0.3, -0.25) is 4.79 Å². The second-order valence-electron chi connectivity index (χ2n) is 4.39. The topological polar surface area (TPSA) is 75.4 Å². The molecule has 0 saturated carbocycles. The van der Waals surface area contributed by atoms with E-state index in [4.69, 9.17) is 9.52 Å². The third kappa shape index (κ3) is 2.10. The van der Waals surface area contributed by atoms with Gasteiger partial charge in [-0.1, -0.05) is 24.3 Å². The Morgan fingerprint density at radius 2 is 2.00 bits per heavy atom. The molecule has 0 amide bonds. The van der Waals surface area contributed by atoms with Crippen molar-refractivity contribution in [1.82, 2.24) is 4.98 Å². The minimum absolute atomic E-state index is 0.222. The Bertz CT molecular complexity index is 711. The Hall–Kier alpha value is -2.56. The van der Waals surface area contributed by atoms with Crippen molar-refractivity contribution in [2.75, 3.05) is 5.32 Å². The van der Waals surface area contributed by atoms with E-state index in [1.165, 1.54) is 6.92 Å². The molecule has 5 heteroatoms. The molecular weight excluding hydrogens is 244 g/mol. The van der Waals surface area contributed by atoms with Crippen LogP contribution in [0.2, 0.25) is 0 Å². The molecule has 19 heavy (non-hydrogen) atoms. The summed E-state index contributed by atoms with van der Waals surface area (Å²) in [5, 5.41) is 13.7. The number of fused-ring (bicyclic) bond motifs is 2. The molecule has 1 aromatic heterocycles. The fourth-order valence-electron chi connectivity index (χ4n) is 1.92. The third-order valence-electron chi connectivity index (χ3n) is 2.97. The molecule has 2 N–H and O–H groups in total. The van der Waals surface area contributed by atoms with Crippen LogP contribution in [0.5, 0.6) is 0 Å². The summed E-state index contributed by atoms with van der Waals surface area (Å²) in [7, 11) is 0. The zero-order valence-corrected chi connectivity index (χ0v) is 10.3. The van der Waals surface area contributed by atoms with Crippen LogP contribution in [-0.4, -0.2) is 22.1 Å². The quantitative estimate of drug-likeness (QED) is 0.753. The average molecular weight is 256 g/mol. The van der Waals surface area contributed by atoms with E-state index < -0.39 is 12.0 Å². The van der Waals surface area contributed by atoms with Crippen LogP contribution in [0.25, 0.3) is 21.9 Å². The number of oxazole rings is 1. The third-order valence-corrected chi connectivity index (χ3v) is 2.97. The van der Waals surface area contributed by atoms with E-state index in [0.717, 1.165) is 10.8 Å². The van der Waals surface area contributed by atoms with Crippen molar-refractivity contribution in [2.24, 2.45) is 0 Å². The summed E-state index contributed by atoms with van der Waals surface area (Å²) in [6.45, 7) is 1.54. The lowest BCUT2D eigenvalue weighted by Gasteiger charge is -2.04. The molecule has 2 aromatic carbocycles. The van der Waals surface area contributed by atoms with E-state index in [9.17, 15) is 4.79 Å². The number of nitrogens with one attached hydrogen (secondary N) is 1. The summed E-state index contributed by atoms with van der Waals surface area (Å²) in [5.74, 6) is -0.951. The van der Waals surface area contributed by atoms with Crippen molar-refractivity contribution >= 4 is 33.9 Å². The van der Waals surface area contributed by atoms with Gasteiger partial charge in [0.2, 0.25) is 0 Å². The van der Waals surface area contributed by atoms with Gasteiger partial charge in [-0.05, 0) is 29.8 Å². The van der Waals surface area contributed by atoms with Crippen LogP contribution in [0, 0.1) is 0 Å². The number of hydrogen-bond acceptors (Lipinski definition) is 4. The lowest BCUT2D eigenvalue weighted by atomic mass is 10.1. The molecule has 3 aromatic rings. The lowest BCUT2D eigenvalue weighted by molar-refractivity contribution is -0.137. The molecule has 0 fully saturated rings. The Morgan fingerprint density at radius 3 is 2.68 bits per heavy atom. The van der Waals surface area contributed by atoms with E-state index in [1.807, 2.05) is 36.4 Å². The van der Waals surface area contributed by atoms with E-state index in [0.29, 0.717) is 11.1 Å². The van der Waals surface area contributed by atoms with E-state index in [-0.39, 0.29) is 6.01 Å². The molecule has 0 aliphatic carbocycles. The first-order valence-electron chi connectivity index (χ1n) is 5.92. The van der Waals surface area contributed by atoms with Crippen molar-refractivity contribution < 1.29 is 14.3 Å². The summed E-state index contributed by atoms with van der Waals surface area (Å²) < 4.78 is 5.51. The van der Waals surface area contributed by atoms with Crippen LogP contribution >= 0.6 is 0 Å². The van der Waals surface area contributed by atoms with Crippen molar-refractivity contribution in [2.45, 2.75) is 13.0 Å². The Kier molecular flexibility index (Phi) is 2.59. The monoisotopic (exact) mass is 256 g/mol. The second-order valence-corrected chi connectivity index (χ2v) is 4.39. The number of carboxylic acids is 1. The highest BCUT2D eigenvalue weighted by molar-refractivity contribution is 5.94. The zero-order chi connectivity index (χ0) is 13.4. The molecule has 0 bridgehead atoms. The van der Waals surface area contributed by atoms with Crippen LogP contribution < -0.4 is 5.32 Å². The fourth-order valence-corrected chi connectivity index (χ4v) is 1.92. The molecule has 0 saturated heterocycles. The predicted molar refractivity (Wildman–Crippen MR) is 72.2 cm³/mol. The number of nitrogens with zero attached hydrogens (tertiary/aromatic N) is 1. The molecule has 0 radical (unpaired) electrons. The van der Waals surface area contributed by atoms with Gasteiger partial charge < -0.3 is 14.8 Å². The first-order chi connectivity index (χ1) is 9.13. The minimum atomic E-state index is -0.951. The van der Waals surface area contributed by atoms with Crippen LogP contribution in [0.3, 0.4) is 0 Å². The molecule has 0 aliphatic rings. The number of anilines is 1. The van der Waals surface area contributed by atoms with Crippen molar-refractivity contribution in [1.29, 1.82) is 0 Å². The van der Waals surface area contributed by atoms with Crippen molar-refractivity contribution in [3.63, 3.8) is 0 Å². The number of carbonyl (C=O) groups is 1. The summed E-state index contributed by atoms with van der Waals surface area (Å²) in [6.07, 6.45) is 0. The lowest BCUT2D eigenvalue weighted by Crippen LogP contribution is -2.25. The first kappa shape index (κ1) is 11.5. The van der Waals surface area contributed by atoms with Crippen LogP contribution in [0.15, 0.2) is 40.8 Å².